The smallest absolute Gasteiger partial charge is 0.182 e. The molecule has 0 aliphatic carbocycles. The Morgan fingerprint density at radius 3 is 0.182 bits per heavy atom. The Labute approximate surface area is 150 Å². The van der Waals surface area contributed by atoms with Crippen molar-refractivity contribution in [2.24, 2.45) is 0 Å². The second-order valence-electron chi connectivity index (χ2n) is 0. The van der Waals surface area contributed by atoms with E-state index in [1.54, 1.807) is 0 Å². The first kappa shape index (κ1) is 116. The fourth-order valence-electron chi connectivity index (χ4n) is 0. The van der Waals surface area contributed by atoms with E-state index >= 15 is 0 Å². The molecule has 0 unspecified atom stereocenters. The Kier molecular flexibility index (Phi) is 6070. The zero-order chi connectivity index (χ0) is 20.0. The molecule has 0 saturated heterocycles. The van der Waals surface area contributed by atoms with Crippen LogP contribution in [0.15, 0.2) is 0 Å². The summed E-state index contributed by atoms with van der Waals surface area (Å²) in [4.78, 5) is 77.5. The summed E-state index contributed by atoms with van der Waals surface area (Å²) in [7, 11) is 0. The molecular formula is C10H10Mn2O10. The van der Waals surface area contributed by atoms with E-state index in [4.69, 9.17) is 47.9 Å². The van der Waals surface area contributed by atoms with Gasteiger partial charge in [-0.1, -0.05) is 0 Å². The van der Waals surface area contributed by atoms with Gasteiger partial charge in [-0.05, 0) is 0 Å². The number of hydrogen-bond donors (Lipinski definition) is 0. The van der Waals surface area contributed by atoms with Crippen molar-refractivity contribution in [2.45, 2.75) is 0 Å². The van der Waals surface area contributed by atoms with Crippen LogP contribution in [0.2, 0.25) is 0 Å². The Balaban J connectivity index is -0.00000000500. The molecule has 0 bridgehead atoms. The minimum atomic E-state index is 0. The van der Waals surface area contributed by atoms with Crippen molar-refractivity contribution in [2.75, 3.05) is 0 Å². The van der Waals surface area contributed by atoms with E-state index in [2.05, 4.69) is 67.9 Å². The standard InChI is InChI=1S/10CHO.2Mn/c10*1-2;;/h10*1H;;. The third-order valence-corrected chi connectivity index (χ3v) is 0. The molecule has 12 heteroatoms. The monoisotopic (exact) mass is 400 g/mol. The number of carbonyl (C=O) groups excluding carboxylic acids is 10. The Hall–Kier alpha value is -2.26. The molecule has 0 heterocycles. The molecular weight excluding hydrogens is 390 g/mol. The van der Waals surface area contributed by atoms with Crippen LogP contribution in [-0.4, -0.2) is 67.9 Å². The summed E-state index contributed by atoms with van der Waals surface area (Å²) in [6, 6.07) is 0. The van der Waals surface area contributed by atoms with Crippen molar-refractivity contribution < 1.29 is 82.1 Å². The van der Waals surface area contributed by atoms with Crippen molar-refractivity contribution in [3.05, 3.63) is 0 Å². The molecule has 0 fully saturated rings. The average molecular weight is 400 g/mol. The van der Waals surface area contributed by atoms with Gasteiger partial charge in [0.15, 0.2) is 67.9 Å². The maximum Gasteiger partial charge on any atom is 0.182 e. The van der Waals surface area contributed by atoms with Gasteiger partial charge in [-0.2, -0.15) is 0 Å². The molecule has 22 heavy (non-hydrogen) atoms. The van der Waals surface area contributed by atoms with Gasteiger partial charge >= 0.3 is 0 Å². The first-order chi connectivity index (χ1) is 10.0. The summed E-state index contributed by atoms with van der Waals surface area (Å²) in [6.07, 6.45) is 0. The van der Waals surface area contributed by atoms with Gasteiger partial charge in [0.05, 0.1) is 0 Å². The summed E-state index contributed by atoms with van der Waals surface area (Å²) in [5, 5.41) is 0. The second kappa shape index (κ2) is 1150. The van der Waals surface area contributed by atoms with Gasteiger partial charge < -0.3 is 0 Å². The molecule has 0 rings (SSSR count). The maximum absolute atomic E-state index is 7.75. The van der Waals surface area contributed by atoms with Gasteiger partial charge in [-0.3, -0.25) is 47.9 Å². The van der Waals surface area contributed by atoms with E-state index in [9.17, 15) is 0 Å². The third kappa shape index (κ3) is 972. The molecule has 12 radical (unpaired) electrons. The fourth-order valence-corrected chi connectivity index (χ4v) is 0. The fraction of sp³-hybridized carbons (Fsp3) is 0. The van der Waals surface area contributed by atoms with Crippen LogP contribution in [0.25, 0.3) is 0 Å². The van der Waals surface area contributed by atoms with E-state index in [1.165, 1.54) is 0 Å². The molecule has 0 aromatic heterocycles. The maximum atomic E-state index is 7.75. The minimum absolute atomic E-state index is 0. The van der Waals surface area contributed by atoms with Gasteiger partial charge in [0.2, 0.25) is 0 Å². The predicted octanol–water partition coefficient (Wildman–Crippen LogP) is -2.75. The Bertz CT molecular complexity index is 62.9. The summed E-state index contributed by atoms with van der Waals surface area (Å²) >= 11 is 0. The van der Waals surface area contributed by atoms with Gasteiger partial charge in [-0.15, -0.1) is 0 Å². The summed E-state index contributed by atoms with van der Waals surface area (Å²) in [6.45, 7) is 32.5. The molecule has 124 valence electrons. The molecule has 0 aliphatic rings. The third-order valence-electron chi connectivity index (χ3n) is 0. The largest absolute Gasteiger partial charge is 0.295 e. The zero-order valence-corrected chi connectivity index (χ0v) is 13.0. The Morgan fingerprint density at radius 1 is 0.182 bits per heavy atom. The van der Waals surface area contributed by atoms with Crippen molar-refractivity contribution in [1.82, 2.24) is 0 Å². The van der Waals surface area contributed by atoms with E-state index in [-0.39, 0.29) is 34.1 Å². The normalized spacial score (nSPS) is 1.82. The van der Waals surface area contributed by atoms with Crippen LogP contribution in [0.1, 0.15) is 0 Å². The van der Waals surface area contributed by atoms with E-state index in [0.29, 0.717) is 0 Å². The summed E-state index contributed by atoms with van der Waals surface area (Å²) in [5.41, 5.74) is 0. The Morgan fingerprint density at radius 2 is 0.182 bits per heavy atom. The van der Waals surface area contributed by atoms with Crippen LogP contribution in [0.4, 0.5) is 0 Å². The zero-order valence-electron chi connectivity index (χ0n) is 10.6. The van der Waals surface area contributed by atoms with Crippen LogP contribution < -0.4 is 0 Å². The first-order valence-corrected chi connectivity index (χ1v) is 2.36. The molecule has 0 amide bonds. The van der Waals surface area contributed by atoms with E-state index < -0.39 is 0 Å². The van der Waals surface area contributed by atoms with Crippen LogP contribution >= 0.6 is 0 Å². The van der Waals surface area contributed by atoms with Gasteiger partial charge in [0, 0.05) is 34.1 Å². The molecule has 0 N–H and O–H groups in total. The van der Waals surface area contributed by atoms with Crippen molar-refractivity contribution in [1.29, 1.82) is 0 Å². The van der Waals surface area contributed by atoms with Gasteiger partial charge in [0.1, 0.15) is 0 Å². The molecule has 0 aromatic carbocycles. The van der Waals surface area contributed by atoms with Gasteiger partial charge in [0.25, 0.3) is 0 Å². The van der Waals surface area contributed by atoms with Crippen LogP contribution in [0.5, 0.6) is 0 Å². The first-order valence-electron chi connectivity index (χ1n) is 2.36. The van der Waals surface area contributed by atoms with Crippen LogP contribution in [-0.2, 0) is 82.1 Å². The van der Waals surface area contributed by atoms with Crippen molar-refractivity contribution in [3.63, 3.8) is 0 Å². The van der Waals surface area contributed by atoms with Gasteiger partial charge in [-0.25, -0.2) is 0 Å². The quantitative estimate of drug-likeness (QED) is 0.307. The molecule has 0 aliphatic heterocycles. The predicted molar refractivity (Wildman–Crippen MR) is 67.5 cm³/mol. The molecule has 0 saturated carbocycles. The van der Waals surface area contributed by atoms with Crippen molar-refractivity contribution >= 4 is 67.9 Å². The number of rotatable bonds is 0. The SMILES string of the molecule is [CH]=O.[CH]=O.[CH]=O.[CH]=O.[CH]=O.[CH]=O.[CH]=O.[CH]=O.[CH]=O.[CH]=O.[Mn].[Mn]. The topological polar surface area (TPSA) is 171 Å². The van der Waals surface area contributed by atoms with E-state index in [1.807, 2.05) is 0 Å². The average Bonchev–Trinajstić information content (AvgIpc) is 2.71. The second-order valence-corrected chi connectivity index (χ2v) is 0. The molecule has 0 aromatic rings. The number of hydrogen-bond acceptors (Lipinski definition) is 10. The molecule has 10 nitrogen and oxygen atoms in total. The van der Waals surface area contributed by atoms with Crippen LogP contribution in [0.3, 0.4) is 0 Å². The minimum Gasteiger partial charge on any atom is -0.295 e. The van der Waals surface area contributed by atoms with E-state index in [0.717, 1.165) is 0 Å². The van der Waals surface area contributed by atoms with Crippen molar-refractivity contribution in [3.8, 4) is 0 Å². The summed E-state index contributed by atoms with van der Waals surface area (Å²) < 4.78 is 0. The summed E-state index contributed by atoms with van der Waals surface area (Å²) in [5.74, 6) is 0. The molecule has 0 spiro atoms. The van der Waals surface area contributed by atoms with Crippen LogP contribution in [0, 0.1) is 0 Å². The molecule has 0 atom stereocenters.